The van der Waals surface area contributed by atoms with Crippen molar-refractivity contribution in [2.75, 3.05) is 0 Å². The maximum Gasteiger partial charge on any atom is 0.261 e. The topological polar surface area (TPSA) is 39.1 Å². The van der Waals surface area contributed by atoms with Crippen LogP contribution in [0.3, 0.4) is 0 Å². The van der Waals surface area contributed by atoms with Gasteiger partial charge in [0.05, 0.1) is 11.1 Å². The molecule has 0 saturated heterocycles. The van der Waals surface area contributed by atoms with E-state index in [0.717, 1.165) is 22.0 Å². The van der Waals surface area contributed by atoms with Crippen LogP contribution in [0.15, 0.2) is 23.0 Å². The van der Waals surface area contributed by atoms with Gasteiger partial charge < -0.3 is 4.57 Å². The van der Waals surface area contributed by atoms with E-state index in [0.29, 0.717) is 6.29 Å². The van der Waals surface area contributed by atoms with Crippen molar-refractivity contribution in [3.8, 4) is 0 Å². The number of aldehydes is 1. The van der Waals surface area contributed by atoms with E-state index in [9.17, 15) is 9.59 Å². The summed E-state index contributed by atoms with van der Waals surface area (Å²) < 4.78 is 1.52. The van der Waals surface area contributed by atoms with Gasteiger partial charge in [0, 0.05) is 12.4 Å². The van der Waals surface area contributed by atoms with Crippen LogP contribution in [0.25, 0.3) is 10.9 Å². The Hall–Kier alpha value is -1.90. The number of aryl methyl sites for hydroxylation is 3. The molecule has 82 valence electrons. The molecular weight excluding hydrogens is 202 g/mol. The van der Waals surface area contributed by atoms with Gasteiger partial charge in [-0.05, 0) is 31.5 Å². The monoisotopic (exact) mass is 215 g/mol. The number of rotatable bonds is 1. The van der Waals surface area contributed by atoms with Gasteiger partial charge in [-0.15, -0.1) is 0 Å². The summed E-state index contributed by atoms with van der Waals surface area (Å²) >= 11 is 0. The zero-order chi connectivity index (χ0) is 11.9. The summed E-state index contributed by atoms with van der Waals surface area (Å²) in [5, 5.41) is 0.962. The molecule has 0 bridgehead atoms. The molecule has 2 aromatic rings. The third kappa shape index (κ3) is 1.36. The fraction of sp³-hybridized carbons (Fsp3) is 0.231. The van der Waals surface area contributed by atoms with Crippen LogP contribution in [0.2, 0.25) is 0 Å². The summed E-state index contributed by atoms with van der Waals surface area (Å²) in [6.45, 7) is 3.80. The maximum absolute atomic E-state index is 11.9. The average molecular weight is 215 g/mol. The molecule has 0 aliphatic heterocycles. The minimum atomic E-state index is -0.233. The lowest BCUT2D eigenvalue weighted by atomic mass is 10.0. The van der Waals surface area contributed by atoms with Gasteiger partial charge in [-0.1, -0.05) is 11.6 Å². The molecule has 0 aliphatic rings. The smallest absolute Gasteiger partial charge is 0.261 e. The highest BCUT2D eigenvalue weighted by atomic mass is 16.1. The number of fused-ring (bicyclic) bond motifs is 1. The molecule has 0 saturated carbocycles. The molecule has 0 amide bonds. The lowest BCUT2D eigenvalue weighted by Gasteiger charge is -2.10. The number of nitrogens with zero attached hydrogens (tertiary/aromatic N) is 1. The maximum atomic E-state index is 11.9. The molecule has 0 N–H and O–H groups in total. The van der Waals surface area contributed by atoms with E-state index < -0.39 is 0 Å². The van der Waals surface area contributed by atoms with Crippen LogP contribution in [-0.4, -0.2) is 10.9 Å². The van der Waals surface area contributed by atoms with Gasteiger partial charge in [0.15, 0.2) is 6.29 Å². The minimum Gasteiger partial charge on any atom is -0.311 e. The number of benzene rings is 1. The van der Waals surface area contributed by atoms with E-state index in [1.54, 1.807) is 7.05 Å². The number of hydrogen-bond acceptors (Lipinski definition) is 2. The summed E-state index contributed by atoms with van der Waals surface area (Å²) in [4.78, 5) is 22.8. The molecule has 0 spiro atoms. The van der Waals surface area contributed by atoms with Crippen LogP contribution in [-0.2, 0) is 7.05 Å². The Labute approximate surface area is 93.3 Å². The van der Waals surface area contributed by atoms with Gasteiger partial charge in [-0.3, -0.25) is 9.59 Å². The molecule has 0 unspecified atom stereocenters. The lowest BCUT2D eigenvalue weighted by Crippen LogP contribution is -2.22. The molecule has 0 radical (unpaired) electrons. The first kappa shape index (κ1) is 10.6. The lowest BCUT2D eigenvalue weighted by molar-refractivity contribution is 0.112. The van der Waals surface area contributed by atoms with Crippen molar-refractivity contribution in [1.82, 2.24) is 4.57 Å². The van der Waals surface area contributed by atoms with E-state index in [1.807, 2.05) is 32.0 Å². The van der Waals surface area contributed by atoms with Crippen molar-refractivity contribution >= 4 is 17.2 Å². The molecule has 3 heteroatoms. The number of aromatic nitrogens is 1. The third-order valence-electron chi connectivity index (χ3n) is 2.97. The van der Waals surface area contributed by atoms with Gasteiger partial charge >= 0.3 is 0 Å². The van der Waals surface area contributed by atoms with Crippen molar-refractivity contribution in [2.45, 2.75) is 13.8 Å². The largest absolute Gasteiger partial charge is 0.311 e. The minimum absolute atomic E-state index is 0.233. The molecule has 0 aliphatic carbocycles. The van der Waals surface area contributed by atoms with Crippen LogP contribution in [0.4, 0.5) is 0 Å². The SMILES string of the molecule is Cc1ccc2c(c1)c(C)c(C=O)c(=O)n2C. The number of pyridine rings is 1. The molecule has 2 rings (SSSR count). The van der Waals surface area contributed by atoms with Gasteiger partial charge in [0.2, 0.25) is 0 Å². The second-order valence-electron chi connectivity index (χ2n) is 4.04. The Morgan fingerprint density at radius 1 is 1.25 bits per heavy atom. The first-order valence-electron chi connectivity index (χ1n) is 5.11. The van der Waals surface area contributed by atoms with E-state index in [1.165, 1.54) is 4.57 Å². The third-order valence-corrected chi connectivity index (χ3v) is 2.97. The molecule has 1 aromatic carbocycles. The quantitative estimate of drug-likeness (QED) is 0.682. The van der Waals surface area contributed by atoms with E-state index in [4.69, 9.17) is 0 Å². The van der Waals surface area contributed by atoms with Gasteiger partial charge in [0.1, 0.15) is 0 Å². The Morgan fingerprint density at radius 2 is 1.94 bits per heavy atom. The summed E-state index contributed by atoms with van der Waals surface area (Å²) in [6.07, 6.45) is 0.638. The fourth-order valence-electron chi connectivity index (χ4n) is 1.98. The Balaban J connectivity index is 3.08. The van der Waals surface area contributed by atoms with Crippen LogP contribution in [0, 0.1) is 13.8 Å². The number of hydrogen-bond donors (Lipinski definition) is 0. The predicted octanol–water partition coefficient (Wildman–Crippen LogP) is 1.97. The first-order chi connectivity index (χ1) is 7.56. The zero-order valence-electron chi connectivity index (χ0n) is 9.57. The molecule has 0 fully saturated rings. The fourth-order valence-corrected chi connectivity index (χ4v) is 1.98. The summed E-state index contributed by atoms with van der Waals surface area (Å²) in [5.74, 6) is 0. The number of carbonyl (C=O) groups excluding carboxylic acids is 1. The highest BCUT2D eigenvalue weighted by Gasteiger charge is 2.10. The van der Waals surface area contributed by atoms with E-state index in [2.05, 4.69) is 0 Å². The molecule has 16 heavy (non-hydrogen) atoms. The second-order valence-corrected chi connectivity index (χ2v) is 4.04. The number of carbonyl (C=O) groups is 1. The predicted molar refractivity (Wildman–Crippen MR) is 64.1 cm³/mol. The van der Waals surface area contributed by atoms with Gasteiger partial charge in [0.25, 0.3) is 5.56 Å². The van der Waals surface area contributed by atoms with Crippen molar-refractivity contribution in [1.29, 1.82) is 0 Å². The molecule has 3 nitrogen and oxygen atoms in total. The summed E-state index contributed by atoms with van der Waals surface area (Å²) in [7, 11) is 1.69. The normalized spacial score (nSPS) is 10.7. The first-order valence-corrected chi connectivity index (χ1v) is 5.11. The standard InChI is InChI=1S/C13H13NO2/c1-8-4-5-12-10(6-8)9(2)11(7-15)13(16)14(12)3/h4-7H,1-3H3. The molecule has 1 aromatic heterocycles. The van der Waals surface area contributed by atoms with Crippen LogP contribution >= 0.6 is 0 Å². The van der Waals surface area contributed by atoms with E-state index >= 15 is 0 Å². The highest BCUT2D eigenvalue weighted by molar-refractivity contribution is 5.90. The molecular formula is C13H13NO2. The summed E-state index contributed by atoms with van der Waals surface area (Å²) in [5.41, 5.74) is 2.76. The Morgan fingerprint density at radius 3 is 2.56 bits per heavy atom. The zero-order valence-corrected chi connectivity index (χ0v) is 9.57. The van der Waals surface area contributed by atoms with Crippen molar-refractivity contribution in [2.24, 2.45) is 7.05 Å². The summed E-state index contributed by atoms with van der Waals surface area (Å²) in [6, 6.07) is 5.87. The van der Waals surface area contributed by atoms with Crippen molar-refractivity contribution in [3.63, 3.8) is 0 Å². The van der Waals surface area contributed by atoms with E-state index in [-0.39, 0.29) is 11.1 Å². The van der Waals surface area contributed by atoms with Crippen LogP contribution < -0.4 is 5.56 Å². The van der Waals surface area contributed by atoms with Crippen molar-refractivity contribution < 1.29 is 4.79 Å². The Bertz CT molecular complexity index is 638. The van der Waals surface area contributed by atoms with Gasteiger partial charge in [-0.2, -0.15) is 0 Å². The molecule has 1 heterocycles. The Kier molecular flexibility index (Phi) is 2.38. The van der Waals surface area contributed by atoms with Crippen LogP contribution in [0.5, 0.6) is 0 Å². The average Bonchev–Trinajstić information content (AvgIpc) is 2.27. The van der Waals surface area contributed by atoms with Crippen LogP contribution in [0.1, 0.15) is 21.5 Å². The highest BCUT2D eigenvalue weighted by Crippen LogP contribution is 2.19. The van der Waals surface area contributed by atoms with Crippen molar-refractivity contribution in [3.05, 3.63) is 45.2 Å². The van der Waals surface area contributed by atoms with Gasteiger partial charge in [-0.25, -0.2) is 0 Å². The molecule has 0 atom stereocenters. The second kappa shape index (κ2) is 3.59.